The summed E-state index contributed by atoms with van der Waals surface area (Å²) in [7, 11) is 0. The summed E-state index contributed by atoms with van der Waals surface area (Å²) in [4.78, 5) is 9.75. The van der Waals surface area contributed by atoms with Gasteiger partial charge in [-0.2, -0.15) is 0 Å². The maximum atomic E-state index is 11.8. The van der Waals surface area contributed by atoms with Gasteiger partial charge in [-0.25, -0.2) is 8.78 Å². The van der Waals surface area contributed by atoms with Crippen molar-refractivity contribution in [3.63, 3.8) is 0 Å². The smallest absolute Gasteiger partial charge is 0.311 e. The van der Waals surface area contributed by atoms with Gasteiger partial charge in [0.25, 0.3) is 6.43 Å². The fraction of sp³-hybridized carbons (Fsp3) is 0.250. The van der Waals surface area contributed by atoms with Crippen LogP contribution in [-0.2, 0) is 0 Å². The van der Waals surface area contributed by atoms with Crippen molar-refractivity contribution in [2.24, 2.45) is 0 Å². The van der Waals surface area contributed by atoms with Gasteiger partial charge in [0.05, 0.1) is 4.92 Å². The number of nitro benzene ring substituents is 1. The highest BCUT2D eigenvalue weighted by Gasteiger charge is 2.16. The molecule has 1 aromatic rings. The normalized spacial score (nSPS) is 10.4. The number of ether oxygens (including phenoxy) is 1. The van der Waals surface area contributed by atoms with E-state index in [9.17, 15) is 18.9 Å². The summed E-state index contributed by atoms with van der Waals surface area (Å²) in [5, 5.41) is 10.7. The lowest BCUT2D eigenvalue weighted by molar-refractivity contribution is -0.385. The Hall–Kier alpha value is -1.43. The third-order valence-electron chi connectivity index (χ3n) is 1.48. The molecule has 1 aromatic carbocycles. The second-order valence-electron chi connectivity index (χ2n) is 2.57. The van der Waals surface area contributed by atoms with E-state index in [4.69, 9.17) is 11.6 Å². The first-order valence-corrected chi connectivity index (χ1v) is 4.23. The van der Waals surface area contributed by atoms with Crippen molar-refractivity contribution in [3.8, 4) is 5.75 Å². The van der Waals surface area contributed by atoms with Gasteiger partial charge < -0.3 is 4.74 Å². The maximum Gasteiger partial charge on any atom is 0.311 e. The van der Waals surface area contributed by atoms with Gasteiger partial charge in [-0.3, -0.25) is 10.1 Å². The second kappa shape index (κ2) is 4.88. The molecule has 0 N–H and O–H groups in total. The summed E-state index contributed by atoms with van der Waals surface area (Å²) in [5.41, 5.74) is -0.389. The van der Waals surface area contributed by atoms with E-state index < -0.39 is 18.0 Å². The van der Waals surface area contributed by atoms with E-state index in [2.05, 4.69) is 4.74 Å². The van der Waals surface area contributed by atoms with Crippen LogP contribution in [0.5, 0.6) is 5.75 Å². The zero-order chi connectivity index (χ0) is 11.4. The lowest BCUT2D eigenvalue weighted by Crippen LogP contribution is -2.08. The van der Waals surface area contributed by atoms with Crippen LogP contribution in [0.3, 0.4) is 0 Å². The summed E-state index contributed by atoms with van der Waals surface area (Å²) in [6.07, 6.45) is -2.69. The lowest BCUT2D eigenvalue weighted by Gasteiger charge is -2.05. The molecule has 0 saturated carbocycles. The number of nitro groups is 1. The van der Waals surface area contributed by atoms with Gasteiger partial charge in [0, 0.05) is 17.2 Å². The fourth-order valence-corrected chi connectivity index (χ4v) is 1.07. The SMILES string of the molecule is O=[N+]([O-])c1ccc(Cl)cc1OCC(F)F. The van der Waals surface area contributed by atoms with Crippen LogP contribution in [0.4, 0.5) is 14.5 Å². The van der Waals surface area contributed by atoms with Crippen molar-refractivity contribution >= 4 is 17.3 Å². The molecule has 0 heterocycles. The van der Waals surface area contributed by atoms with Crippen LogP contribution in [0.2, 0.25) is 5.02 Å². The zero-order valence-electron chi connectivity index (χ0n) is 7.32. The quantitative estimate of drug-likeness (QED) is 0.598. The number of alkyl halides is 2. The third kappa shape index (κ3) is 3.32. The molecule has 0 aromatic heterocycles. The molecule has 0 radical (unpaired) electrons. The first-order chi connectivity index (χ1) is 7.00. The van der Waals surface area contributed by atoms with Crippen molar-refractivity contribution in [2.45, 2.75) is 6.43 Å². The molecule has 0 aliphatic carbocycles. The molecule has 4 nitrogen and oxygen atoms in total. The van der Waals surface area contributed by atoms with E-state index >= 15 is 0 Å². The Labute approximate surface area is 88.6 Å². The standard InChI is InChI=1S/C8H6ClF2NO3/c9-5-1-2-6(12(13)14)7(3-5)15-4-8(10)11/h1-3,8H,4H2. The average molecular weight is 238 g/mol. The molecule has 0 unspecified atom stereocenters. The molecule has 0 saturated heterocycles. The lowest BCUT2D eigenvalue weighted by atomic mass is 10.3. The Morgan fingerprint density at radius 3 is 2.73 bits per heavy atom. The van der Waals surface area contributed by atoms with E-state index in [0.29, 0.717) is 0 Å². The van der Waals surface area contributed by atoms with Gasteiger partial charge in [0.15, 0.2) is 5.75 Å². The van der Waals surface area contributed by atoms with Gasteiger partial charge in [-0.1, -0.05) is 11.6 Å². The predicted molar refractivity (Wildman–Crippen MR) is 49.6 cm³/mol. The van der Waals surface area contributed by atoms with Crippen LogP contribution in [0, 0.1) is 10.1 Å². The third-order valence-corrected chi connectivity index (χ3v) is 1.72. The summed E-state index contributed by atoms with van der Waals surface area (Å²) in [6.45, 7) is -0.902. The van der Waals surface area contributed by atoms with E-state index in [0.717, 1.165) is 12.1 Å². The Balaban J connectivity index is 2.92. The predicted octanol–water partition coefficient (Wildman–Crippen LogP) is 2.89. The second-order valence-corrected chi connectivity index (χ2v) is 3.01. The number of nitrogens with zero attached hydrogens (tertiary/aromatic N) is 1. The largest absolute Gasteiger partial charge is 0.481 e. The average Bonchev–Trinajstić information content (AvgIpc) is 2.14. The van der Waals surface area contributed by atoms with E-state index in [-0.39, 0.29) is 16.5 Å². The minimum Gasteiger partial charge on any atom is -0.481 e. The van der Waals surface area contributed by atoms with Crippen LogP contribution in [-0.4, -0.2) is 18.0 Å². The Morgan fingerprint density at radius 2 is 2.20 bits per heavy atom. The molecule has 0 bridgehead atoms. The molecule has 0 aliphatic rings. The number of hydrogen-bond acceptors (Lipinski definition) is 3. The summed E-state index contributed by atoms with van der Waals surface area (Å²) in [6, 6.07) is 3.51. The van der Waals surface area contributed by atoms with Crippen molar-refractivity contribution < 1.29 is 18.4 Å². The first-order valence-electron chi connectivity index (χ1n) is 3.85. The minimum atomic E-state index is -2.69. The molecule has 82 valence electrons. The van der Waals surface area contributed by atoms with Crippen LogP contribution < -0.4 is 4.74 Å². The molecule has 1 rings (SSSR count). The van der Waals surface area contributed by atoms with Crippen LogP contribution >= 0.6 is 11.6 Å². The molecule has 0 amide bonds. The molecule has 0 spiro atoms. The molecular formula is C8H6ClF2NO3. The number of rotatable bonds is 4. The van der Waals surface area contributed by atoms with Gasteiger partial charge in [-0.05, 0) is 6.07 Å². The van der Waals surface area contributed by atoms with Gasteiger partial charge in [0.1, 0.15) is 6.61 Å². The topological polar surface area (TPSA) is 52.4 Å². The first kappa shape index (κ1) is 11.6. The summed E-state index contributed by atoms with van der Waals surface area (Å²) in [5.74, 6) is -0.257. The highest BCUT2D eigenvalue weighted by molar-refractivity contribution is 6.30. The summed E-state index contributed by atoms with van der Waals surface area (Å²) < 4.78 is 28.2. The van der Waals surface area contributed by atoms with Gasteiger partial charge >= 0.3 is 5.69 Å². The van der Waals surface area contributed by atoms with Crippen LogP contribution in [0.1, 0.15) is 0 Å². The molecular weight excluding hydrogens is 232 g/mol. The fourth-order valence-electron chi connectivity index (χ4n) is 0.907. The zero-order valence-corrected chi connectivity index (χ0v) is 8.08. The van der Waals surface area contributed by atoms with E-state index in [1.165, 1.54) is 6.07 Å². The number of hydrogen-bond donors (Lipinski definition) is 0. The van der Waals surface area contributed by atoms with Crippen LogP contribution in [0.15, 0.2) is 18.2 Å². The van der Waals surface area contributed by atoms with Crippen molar-refractivity contribution in [3.05, 3.63) is 33.3 Å². The van der Waals surface area contributed by atoms with Crippen molar-refractivity contribution in [1.29, 1.82) is 0 Å². The number of halogens is 3. The number of benzene rings is 1. The molecule has 0 atom stereocenters. The van der Waals surface area contributed by atoms with E-state index in [1.807, 2.05) is 0 Å². The highest BCUT2D eigenvalue weighted by Crippen LogP contribution is 2.30. The highest BCUT2D eigenvalue weighted by atomic mass is 35.5. The van der Waals surface area contributed by atoms with E-state index in [1.54, 1.807) is 0 Å². The molecule has 0 fully saturated rings. The van der Waals surface area contributed by atoms with Crippen molar-refractivity contribution in [1.82, 2.24) is 0 Å². The Kier molecular flexibility index (Phi) is 3.79. The van der Waals surface area contributed by atoms with Crippen LogP contribution in [0.25, 0.3) is 0 Å². The Morgan fingerprint density at radius 1 is 1.53 bits per heavy atom. The monoisotopic (exact) mass is 237 g/mol. The molecule has 0 aliphatic heterocycles. The summed E-state index contributed by atoms with van der Waals surface area (Å²) >= 11 is 5.55. The van der Waals surface area contributed by atoms with Gasteiger partial charge in [-0.15, -0.1) is 0 Å². The van der Waals surface area contributed by atoms with Gasteiger partial charge in [0.2, 0.25) is 0 Å². The molecule has 15 heavy (non-hydrogen) atoms. The molecule has 7 heteroatoms. The minimum absolute atomic E-state index is 0.185. The maximum absolute atomic E-state index is 11.8. The van der Waals surface area contributed by atoms with Crippen molar-refractivity contribution in [2.75, 3.05) is 6.61 Å². The Bertz CT molecular complexity index is 373.